The van der Waals surface area contributed by atoms with E-state index in [1.807, 2.05) is 26.8 Å². The second-order valence-electron chi connectivity index (χ2n) is 3.35. The van der Waals surface area contributed by atoms with Crippen molar-refractivity contribution in [1.29, 1.82) is 0 Å². The largest absolute Gasteiger partial charge is 0.392 e. The van der Waals surface area contributed by atoms with Crippen molar-refractivity contribution in [3.05, 3.63) is 12.2 Å². The molecule has 0 saturated heterocycles. The van der Waals surface area contributed by atoms with Crippen LogP contribution in [0.4, 0.5) is 0 Å². The average molecular weight is 350 g/mol. The number of aliphatic hydroxyl groups excluding tert-OH is 1. The van der Waals surface area contributed by atoms with Gasteiger partial charge in [-0.15, -0.1) is 5.92 Å². The Morgan fingerprint density at radius 2 is 1.77 bits per heavy atom. The van der Waals surface area contributed by atoms with Crippen LogP contribution in [0.5, 0.6) is 0 Å². The van der Waals surface area contributed by atoms with Crippen molar-refractivity contribution in [2.24, 2.45) is 11.8 Å². The van der Waals surface area contributed by atoms with Crippen molar-refractivity contribution < 1.29 is 26.2 Å². The molecule has 2 heteroatoms. The van der Waals surface area contributed by atoms with Gasteiger partial charge >= 0.3 is 0 Å². The summed E-state index contributed by atoms with van der Waals surface area (Å²) in [6.45, 7) is 7.83. The Kier molecular flexibility index (Phi) is 10.1. The van der Waals surface area contributed by atoms with Crippen molar-refractivity contribution in [3.63, 3.8) is 0 Å². The molecule has 0 fully saturated rings. The van der Waals surface area contributed by atoms with Gasteiger partial charge < -0.3 is 5.11 Å². The Bertz CT molecular complexity index is 198. The zero-order valence-corrected chi connectivity index (χ0v) is 11.7. The second-order valence-corrected chi connectivity index (χ2v) is 3.35. The van der Waals surface area contributed by atoms with E-state index in [0.29, 0.717) is 5.92 Å². The summed E-state index contributed by atoms with van der Waals surface area (Å²) in [5, 5.41) is 9.59. The zero-order chi connectivity index (χ0) is 9.56. The van der Waals surface area contributed by atoms with Gasteiger partial charge in [-0.1, -0.05) is 32.8 Å². The fourth-order valence-electron chi connectivity index (χ4n) is 1.00. The molecule has 0 aliphatic carbocycles. The maximum atomic E-state index is 9.59. The Labute approximate surface area is 95.9 Å². The second kappa shape index (κ2) is 8.54. The molecule has 0 aromatic rings. The van der Waals surface area contributed by atoms with Gasteiger partial charge in [-0.25, -0.2) is 0 Å². The Hall–Kier alpha value is -0.0517. The van der Waals surface area contributed by atoms with Crippen LogP contribution in [0.15, 0.2) is 12.2 Å². The van der Waals surface area contributed by atoms with E-state index in [4.69, 9.17) is 0 Å². The molecular formula is C11H18OW. The van der Waals surface area contributed by atoms with Gasteiger partial charge in [0.1, 0.15) is 0 Å². The van der Waals surface area contributed by atoms with Crippen molar-refractivity contribution in [2.45, 2.75) is 33.8 Å². The molecule has 0 aromatic carbocycles. The van der Waals surface area contributed by atoms with E-state index in [-0.39, 0.29) is 33.1 Å². The van der Waals surface area contributed by atoms with E-state index >= 15 is 0 Å². The van der Waals surface area contributed by atoms with Crippen LogP contribution in [0.3, 0.4) is 0 Å². The van der Waals surface area contributed by atoms with Crippen LogP contribution in [0.25, 0.3) is 0 Å². The van der Waals surface area contributed by atoms with E-state index in [2.05, 4.69) is 11.8 Å². The van der Waals surface area contributed by atoms with Crippen molar-refractivity contribution in [1.82, 2.24) is 0 Å². The van der Waals surface area contributed by atoms with Crippen LogP contribution in [0.1, 0.15) is 27.7 Å². The molecular weight excluding hydrogens is 332 g/mol. The minimum Gasteiger partial charge on any atom is -0.392 e. The van der Waals surface area contributed by atoms with Gasteiger partial charge in [0.2, 0.25) is 0 Å². The van der Waals surface area contributed by atoms with Gasteiger partial charge in [-0.2, -0.15) is 0 Å². The summed E-state index contributed by atoms with van der Waals surface area (Å²) < 4.78 is 0. The summed E-state index contributed by atoms with van der Waals surface area (Å²) in [7, 11) is 0. The first-order valence-corrected chi connectivity index (χ1v) is 4.36. The first-order valence-electron chi connectivity index (χ1n) is 4.36. The third-order valence-electron chi connectivity index (χ3n) is 1.85. The fraction of sp³-hybridized carbons (Fsp3) is 0.636. The number of allylic oxidation sites excluding steroid dienone is 1. The first-order chi connectivity index (χ1) is 5.59. The molecule has 0 saturated carbocycles. The number of hydrogen-bond donors (Lipinski definition) is 1. The molecule has 0 rings (SSSR count). The molecule has 74 valence electrons. The van der Waals surface area contributed by atoms with Gasteiger partial charge in [0.15, 0.2) is 0 Å². The van der Waals surface area contributed by atoms with E-state index in [0.717, 1.165) is 0 Å². The summed E-state index contributed by atoms with van der Waals surface area (Å²) in [5.74, 6) is 6.09. The fourth-order valence-corrected chi connectivity index (χ4v) is 1.00. The van der Waals surface area contributed by atoms with Crippen LogP contribution in [-0.4, -0.2) is 11.2 Å². The van der Waals surface area contributed by atoms with Gasteiger partial charge in [-0.3, -0.25) is 0 Å². The van der Waals surface area contributed by atoms with E-state index in [1.54, 1.807) is 13.0 Å². The standard InChI is InChI=1S/C11H18O.W/c1-5-6-7-8-10(4)11(12)9(2)3;/h7-12H,1-4H3;/t10-,11+;/m1./s1. The number of hydrogen-bond acceptors (Lipinski definition) is 1. The molecule has 1 N–H and O–H groups in total. The first kappa shape index (κ1) is 15.4. The maximum Gasteiger partial charge on any atom is 0.0623 e. The quantitative estimate of drug-likeness (QED) is 0.774. The van der Waals surface area contributed by atoms with Crippen LogP contribution >= 0.6 is 0 Å². The summed E-state index contributed by atoms with van der Waals surface area (Å²) in [4.78, 5) is 0. The molecule has 0 radical (unpaired) electrons. The predicted molar refractivity (Wildman–Crippen MR) is 52.6 cm³/mol. The molecule has 0 aliphatic rings. The Morgan fingerprint density at radius 3 is 2.15 bits per heavy atom. The Balaban J connectivity index is 0. The zero-order valence-electron chi connectivity index (χ0n) is 8.74. The van der Waals surface area contributed by atoms with E-state index in [9.17, 15) is 5.11 Å². The summed E-state index contributed by atoms with van der Waals surface area (Å²) >= 11 is 0. The normalized spacial score (nSPS) is 14.6. The molecule has 0 amide bonds. The summed E-state index contributed by atoms with van der Waals surface area (Å²) in [6.07, 6.45) is 3.48. The predicted octanol–water partition coefficient (Wildman–Crippen LogP) is 2.22. The topological polar surface area (TPSA) is 20.2 Å². The number of rotatable bonds is 3. The van der Waals surface area contributed by atoms with Gasteiger partial charge in [0.05, 0.1) is 6.10 Å². The third kappa shape index (κ3) is 7.05. The SMILES string of the molecule is CC#CC=C[C@@H](C)[C@@H](O)C(C)C.[W]. The molecule has 1 nitrogen and oxygen atoms in total. The Morgan fingerprint density at radius 1 is 1.23 bits per heavy atom. The van der Waals surface area contributed by atoms with Crippen molar-refractivity contribution in [2.75, 3.05) is 0 Å². The molecule has 0 bridgehead atoms. The molecule has 0 unspecified atom stereocenters. The molecule has 0 spiro atoms. The maximum absolute atomic E-state index is 9.59. The minimum absolute atomic E-state index is 0. The summed E-state index contributed by atoms with van der Waals surface area (Å²) in [5.41, 5.74) is 0. The van der Waals surface area contributed by atoms with Gasteiger partial charge in [0.25, 0.3) is 0 Å². The van der Waals surface area contributed by atoms with Crippen molar-refractivity contribution >= 4 is 0 Å². The third-order valence-corrected chi connectivity index (χ3v) is 1.85. The van der Waals surface area contributed by atoms with Crippen LogP contribution in [0.2, 0.25) is 0 Å². The molecule has 2 atom stereocenters. The average Bonchev–Trinajstić information content (AvgIpc) is 2.03. The van der Waals surface area contributed by atoms with Gasteiger partial charge in [0, 0.05) is 27.0 Å². The van der Waals surface area contributed by atoms with Crippen LogP contribution in [-0.2, 0) is 21.1 Å². The minimum atomic E-state index is -0.264. The molecule has 0 aliphatic heterocycles. The monoisotopic (exact) mass is 350 g/mol. The van der Waals surface area contributed by atoms with Crippen LogP contribution < -0.4 is 0 Å². The molecule has 13 heavy (non-hydrogen) atoms. The van der Waals surface area contributed by atoms with Gasteiger partial charge in [-0.05, 0) is 18.9 Å². The number of aliphatic hydroxyl groups is 1. The van der Waals surface area contributed by atoms with Crippen LogP contribution in [0, 0.1) is 23.7 Å². The van der Waals surface area contributed by atoms with E-state index in [1.165, 1.54) is 0 Å². The smallest absolute Gasteiger partial charge is 0.0623 e. The van der Waals surface area contributed by atoms with E-state index < -0.39 is 0 Å². The molecule has 0 aromatic heterocycles. The van der Waals surface area contributed by atoms with Crippen molar-refractivity contribution in [3.8, 4) is 11.8 Å². The summed E-state index contributed by atoms with van der Waals surface area (Å²) in [6, 6.07) is 0. The molecule has 0 heterocycles.